The minimum Gasteiger partial charge on any atom is -0.285 e. The Morgan fingerprint density at radius 3 is 1.06 bits per heavy atom. The third kappa shape index (κ3) is 19.3. The van der Waals surface area contributed by atoms with Gasteiger partial charge in [0.25, 0.3) is 0 Å². The maximum Gasteiger partial charge on any atom is 0.0808 e. The Morgan fingerprint density at radius 1 is 0.492 bits per heavy atom. The molecule has 4 aromatic heterocycles. The number of pyridine rings is 4. The van der Waals surface area contributed by atoms with Crippen molar-refractivity contribution in [3.8, 4) is 0 Å². The molecule has 4 fully saturated rings. The van der Waals surface area contributed by atoms with Crippen molar-refractivity contribution in [3.05, 3.63) is 120 Å². The first-order valence-electron chi connectivity index (χ1n) is 23.6. The van der Waals surface area contributed by atoms with Crippen LogP contribution in [0.4, 0.5) is 0 Å². The number of rotatable bonds is 14. The van der Waals surface area contributed by atoms with Gasteiger partial charge in [-0.1, -0.05) is 52.0 Å². The molecule has 0 radical (unpaired) electrons. The lowest BCUT2D eigenvalue weighted by molar-refractivity contribution is -0.0653. The van der Waals surface area contributed by atoms with Crippen LogP contribution in [0.15, 0.2) is 118 Å². The van der Waals surface area contributed by atoms with E-state index in [4.69, 9.17) is 4.99 Å². The molecule has 0 amide bonds. The monoisotopic (exact) mass is 853 g/mol. The third-order valence-electron chi connectivity index (χ3n) is 12.5. The number of nitrogens with zero attached hydrogens (tertiary/aromatic N) is 8. The quantitative estimate of drug-likeness (QED) is 0.118. The van der Waals surface area contributed by atoms with Crippen molar-refractivity contribution < 1.29 is 0 Å². The van der Waals surface area contributed by atoms with Crippen molar-refractivity contribution in [2.75, 3.05) is 0 Å². The molecule has 0 atom stereocenters. The van der Waals surface area contributed by atoms with Gasteiger partial charge in [0.2, 0.25) is 0 Å². The predicted molar refractivity (Wildman–Crippen MR) is 269 cm³/mol. The lowest BCUT2D eigenvalue weighted by atomic mass is 9.48. The zero-order valence-corrected chi connectivity index (χ0v) is 41.0. The zero-order chi connectivity index (χ0) is 46.0. The van der Waals surface area contributed by atoms with E-state index in [-0.39, 0.29) is 22.2 Å². The molecule has 8 rings (SSSR count). The SMILES string of the molecule is CC(C)(CC12CC3CC(CC(C3)C1)C2)N=Cc1ccccn1.CC(C)CC(C)(C)N=Cc1ccccn1.CCC(C)(C)N=Cc1ccccn1.CCC(C)(C)N=Cc1ccccn1. The average Bonchev–Trinajstić information content (AvgIpc) is 3.25. The molecule has 63 heavy (non-hydrogen) atoms. The Balaban J connectivity index is 0.000000190. The Kier molecular flexibility index (Phi) is 19.2. The molecule has 0 unspecified atom stereocenters. The maximum absolute atomic E-state index is 4.91. The molecule has 0 aromatic carbocycles. The normalized spacial score (nSPS) is 21.0. The summed E-state index contributed by atoms with van der Waals surface area (Å²) >= 11 is 0. The summed E-state index contributed by atoms with van der Waals surface area (Å²) in [5.74, 6) is 3.76. The molecular weight excluding hydrogens is 773 g/mol. The number of aromatic nitrogens is 4. The van der Waals surface area contributed by atoms with Gasteiger partial charge in [-0.25, -0.2) is 0 Å². The van der Waals surface area contributed by atoms with Crippen LogP contribution in [0.25, 0.3) is 0 Å². The van der Waals surface area contributed by atoms with Crippen molar-refractivity contribution in [1.29, 1.82) is 0 Å². The number of hydrogen-bond acceptors (Lipinski definition) is 8. The molecule has 8 heteroatoms. The molecule has 4 saturated carbocycles. The second-order valence-electron chi connectivity index (χ2n) is 21.2. The molecule has 4 aromatic rings. The number of hydrogen-bond donors (Lipinski definition) is 0. The van der Waals surface area contributed by atoms with E-state index in [1.807, 2.05) is 104 Å². The van der Waals surface area contributed by atoms with Crippen molar-refractivity contribution in [1.82, 2.24) is 19.9 Å². The molecular formula is C55H80N8. The standard InChI is InChI=1S/C20H28N2.C13H20N2.2C11H16N2/c1-19(2,22-13-18-5-3-4-6-21-18)14-20-10-15-7-16(11-20)9-17(8-15)12-20;1-11(2)9-13(3,4)15-10-12-7-5-6-8-14-12;2*1-4-11(2,3)13-9-10-7-5-6-8-12-10/h3-6,13,15-17H,7-12,14H2,1-2H3;5-8,10-11H,9H2,1-4H3;2*5-9H,4H2,1-3H3. The fraction of sp³-hybridized carbons (Fsp3) is 0.564. The van der Waals surface area contributed by atoms with Gasteiger partial charge >= 0.3 is 0 Å². The van der Waals surface area contributed by atoms with E-state index in [0.29, 0.717) is 11.3 Å². The molecule has 4 heterocycles. The van der Waals surface area contributed by atoms with E-state index in [9.17, 15) is 0 Å². The van der Waals surface area contributed by atoms with Gasteiger partial charge in [-0.3, -0.25) is 39.9 Å². The summed E-state index contributed by atoms with van der Waals surface area (Å²) in [4.78, 5) is 35.3. The average molecular weight is 853 g/mol. The Labute approximate surface area is 382 Å². The second kappa shape index (κ2) is 23.8. The fourth-order valence-electron chi connectivity index (χ4n) is 9.48. The van der Waals surface area contributed by atoms with E-state index in [0.717, 1.165) is 59.8 Å². The smallest absolute Gasteiger partial charge is 0.0808 e. The molecule has 0 saturated heterocycles. The minimum absolute atomic E-state index is 0.00564. The topological polar surface area (TPSA) is 101 Å². The van der Waals surface area contributed by atoms with Crippen LogP contribution in [-0.2, 0) is 0 Å². The van der Waals surface area contributed by atoms with Gasteiger partial charge in [0.15, 0.2) is 0 Å². The van der Waals surface area contributed by atoms with Crippen molar-refractivity contribution in [2.24, 2.45) is 49.1 Å². The van der Waals surface area contributed by atoms with Crippen LogP contribution in [0.5, 0.6) is 0 Å². The van der Waals surface area contributed by atoms with Crippen LogP contribution >= 0.6 is 0 Å². The zero-order valence-electron chi connectivity index (χ0n) is 41.0. The number of aliphatic imine (C=N–C) groups is 4. The Hall–Kier alpha value is -4.72. The van der Waals surface area contributed by atoms with Gasteiger partial charge in [0.1, 0.15) is 0 Å². The molecule has 4 bridgehead atoms. The first-order valence-corrected chi connectivity index (χ1v) is 23.6. The summed E-state index contributed by atoms with van der Waals surface area (Å²) in [6, 6.07) is 23.5. The van der Waals surface area contributed by atoms with Gasteiger partial charge in [0, 0.05) is 49.6 Å². The molecule has 0 N–H and O–H groups in total. The first-order chi connectivity index (χ1) is 29.8. The van der Waals surface area contributed by atoms with Gasteiger partial charge in [-0.15, -0.1) is 0 Å². The largest absolute Gasteiger partial charge is 0.285 e. The molecule has 0 aliphatic heterocycles. The van der Waals surface area contributed by atoms with Gasteiger partial charge in [0.05, 0.1) is 44.9 Å². The van der Waals surface area contributed by atoms with Gasteiger partial charge in [-0.05, 0) is 197 Å². The summed E-state index contributed by atoms with van der Waals surface area (Å²) in [5, 5.41) is 0. The maximum atomic E-state index is 4.91. The van der Waals surface area contributed by atoms with Crippen LogP contribution in [0.1, 0.15) is 170 Å². The summed E-state index contributed by atoms with van der Waals surface area (Å²) in [7, 11) is 0. The van der Waals surface area contributed by atoms with E-state index in [1.54, 1.807) is 18.6 Å². The molecule has 8 nitrogen and oxygen atoms in total. The molecule has 0 spiro atoms. The summed E-state index contributed by atoms with van der Waals surface area (Å²) < 4.78 is 0. The Morgan fingerprint density at radius 2 is 0.794 bits per heavy atom. The molecule has 4 aliphatic carbocycles. The van der Waals surface area contributed by atoms with Crippen LogP contribution in [-0.4, -0.2) is 67.0 Å². The van der Waals surface area contributed by atoms with Crippen LogP contribution in [0.3, 0.4) is 0 Å². The van der Waals surface area contributed by atoms with Crippen LogP contribution in [0, 0.1) is 29.1 Å². The van der Waals surface area contributed by atoms with Crippen LogP contribution < -0.4 is 0 Å². The highest BCUT2D eigenvalue weighted by Crippen LogP contribution is 2.62. The lowest BCUT2D eigenvalue weighted by Crippen LogP contribution is -2.48. The Bertz CT molecular complexity index is 1900. The van der Waals surface area contributed by atoms with Gasteiger partial charge in [-0.2, -0.15) is 0 Å². The van der Waals surface area contributed by atoms with E-state index >= 15 is 0 Å². The van der Waals surface area contributed by atoms with Crippen LogP contribution in [0.2, 0.25) is 0 Å². The lowest BCUT2D eigenvalue weighted by Gasteiger charge is -2.58. The summed E-state index contributed by atoms with van der Waals surface area (Å²) in [6.07, 6.45) is 28.1. The highest BCUT2D eigenvalue weighted by molar-refractivity contribution is 5.78. The molecule has 4 aliphatic rings. The highest BCUT2D eigenvalue weighted by atomic mass is 14.9. The van der Waals surface area contributed by atoms with E-state index in [1.165, 1.54) is 44.9 Å². The summed E-state index contributed by atoms with van der Waals surface area (Å²) in [5.41, 5.74) is 4.42. The van der Waals surface area contributed by atoms with Gasteiger partial charge < -0.3 is 0 Å². The van der Waals surface area contributed by atoms with E-state index < -0.39 is 0 Å². The second-order valence-corrected chi connectivity index (χ2v) is 21.2. The third-order valence-corrected chi connectivity index (χ3v) is 12.5. The molecule has 340 valence electrons. The van der Waals surface area contributed by atoms with Crippen molar-refractivity contribution in [3.63, 3.8) is 0 Å². The van der Waals surface area contributed by atoms with E-state index in [2.05, 4.69) is 118 Å². The fourth-order valence-corrected chi connectivity index (χ4v) is 9.48. The van der Waals surface area contributed by atoms with Crippen molar-refractivity contribution >= 4 is 24.9 Å². The highest BCUT2D eigenvalue weighted by Gasteiger charge is 2.52. The first kappa shape index (κ1) is 50.9. The summed E-state index contributed by atoms with van der Waals surface area (Å²) in [6.45, 7) is 26.1. The predicted octanol–water partition coefficient (Wildman–Crippen LogP) is 13.6. The minimum atomic E-state index is 0.00564. The van der Waals surface area contributed by atoms with Crippen molar-refractivity contribution in [2.45, 2.75) is 169 Å².